The van der Waals surface area contributed by atoms with Gasteiger partial charge in [0, 0.05) is 56.2 Å². The molecule has 0 amide bonds. The molecular weight excluding hydrogens is 550 g/mol. The molecule has 1 saturated heterocycles. The highest BCUT2D eigenvalue weighted by atomic mass is 32.2. The zero-order chi connectivity index (χ0) is 30.0. The van der Waals surface area contributed by atoms with E-state index in [2.05, 4.69) is 77.5 Å². The van der Waals surface area contributed by atoms with Crippen molar-refractivity contribution in [3.63, 3.8) is 0 Å². The number of aromatic nitrogens is 4. The maximum atomic E-state index is 13.2. The van der Waals surface area contributed by atoms with Gasteiger partial charge in [-0.2, -0.15) is 10.1 Å². The van der Waals surface area contributed by atoms with E-state index in [1.54, 1.807) is 7.05 Å². The van der Waals surface area contributed by atoms with E-state index >= 15 is 0 Å². The van der Waals surface area contributed by atoms with Crippen LogP contribution >= 0.6 is 0 Å². The fourth-order valence-electron chi connectivity index (χ4n) is 5.13. The van der Waals surface area contributed by atoms with Gasteiger partial charge in [0.15, 0.2) is 0 Å². The van der Waals surface area contributed by atoms with E-state index in [4.69, 9.17) is 9.72 Å². The summed E-state index contributed by atoms with van der Waals surface area (Å²) in [7, 11) is -0.184. The number of nitrogens with one attached hydrogen (secondary N) is 1. The van der Waals surface area contributed by atoms with Crippen LogP contribution in [0.25, 0.3) is 11.3 Å². The van der Waals surface area contributed by atoms with E-state index in [0.717, 1.165) is 48.6 Å². The number of piperazine rings is 1. The first-order valence-electron chi connectivity index (χ1n) is 14.3. The first-order chi connectivity index (χ1) is 20.0. The quantitative estimate of drug-likeness (QED) is 0.274. The van der Waals surface area contributed by atoms with Crippen molar-refractivity contribution >= 4 is 21.7 Å². The van der Waals surface area contributed by atoms with Crippen LogP contribution in [0, 0.1) is 0 Å². The van der Waals surface area contributed by atoms with Crippen LogP contribution in [0.3, 0.4) is 0 Å². The van der Waals surface area contributed by atoms with Crippen molar-refractivity contribution in [2.45, 2.75) is 44.4 Å². The molecule has 5 rings (SSSR count). The first kappa shape index (κ1) is 29.5. The van der Waals surface area contributed by atoms with Gasteiger partial charge in [-0.1, -0.05) is 52.0 Å². The summed E-state index contributed by atoms with van der Waals surface area (Å²) >= 11 is 0. The maximum absolute atomic E-state index is 13.2. The molecular formula is C31H39N7O3S. The summed E-state index contributed by atoms with van der Waals surface area (Å²) in [5.74, 6) is 1.06. The van der Waals surface area contributed by atoms with E-state index in [-0.39, 0.29) is 22.7 Å². The summed E-state index contributed by atoms with van der Waals surface area (Å²) in [6.45, 7) is 12.4. The topological polar surface area (TPSA) is 105 Å². The minimum Gasteiger partial charge on any atom is -0.439 e. The number of anilines is 2. The molecule has 1 N–H and O–H groups in total. The SMILES string of the molecule is CC(C)c1ccccc1-c1nc(NS(=O)(=O)c2cnn(C)c2)nc(Oc2ccc(N3CCN(C)CC3)cc2)c1C(C)C. The second-order valence-electron chi connectivity index (χ2n) is 11.4. The van der Waals surface area contributed by atoms with E-state index in [9.17, 15) is 8.42 Å². The van der Waals surface area contributed by atoms with Crippen molar-refractivity contribution in [1.29, 1.82) is 0 Å². The highest BCUT2D eigenvalue weighted by molar-refractivity contribution is 7.92. The largest absolute Gasteiger partial charge is 0.439 e. The predicted molar refractivity (Wildman–Crippen MR) is 166 cm³/mol. The lowest BCUT2D eigenvalue weighted by Gasteiger charge is -2.34. The summed E-state index contributed by atoms with van der Waals surface area (Å²) in [6, 6.07) is 16.0. The number of hydrogen-bond acceptors (Lipinski definition) is 8. The van der Waals surface area contributed by atoms with Crippen LogP contribution in [0.15, 0.2) is 65.8 Å². The fraction of sp³-hybridized carbons (Fsp3) is 0.387. The molecule has 0 bridgehead atoms. The van der Waals surface area contributed by atoms with Crippen molar-refractivity contribution in [3.8, 4) is 22.9 Å². The molecule has 0 saturated carbocycles. The second-order valence-corrected chi connectivity index (χ2v) is 13.0. The number of hydrogen-bond donors (Lipinski definition) is 1. The van der Waals surface area contributed by atoms with Crippen molar-refractivity contribution in [1.82, 2.24) is 24.6 Å². The predicted octanol–water partition coefficient (Wildman–Crippen LogP) is 5.47. The van der Waals surface area contributed by atoms with Gasteiger partial charge in [0.05, 0.1) is 11.9 Å². The Morgan fingerprint density at radius 3 is 2.19 bits per heavy atom. The average Bonchev–Trinajstić information content (AvgIpc) is 3.40. The molecule has 2 aromatic heterocycles. The molecule has 1 aliphatic heterocycles. The lowest BCUT2D eigenvalue weighted by atomic mass is 9.91. The van der Waals surface area contributed by atoms with Gasteiger partial charge in [0.2, 0.25) is 11.8 Å². The number of sulfonamides is 1. The van der Waals surface area contributed by atoms with E-state index in [1.165, 1.54) is 17.1 Å². The molecule has 1 fully saturated rings. The van der Waals surface area contributed by atoms with E-state index < -0.39 is 10.0 Å². The lowest BCUT2D eigenvalue weighted by molar-refractivity contribution is 0.313. The summed E-state index contributed by atoms with van der Waals surface area (Å²) < 4.78 is 36.9. The second kappa shape index (κ2) is 12.1. The van der Waals surface area contributed by atoms with Crippen molar-refractivity contribution in [2.24, 2.45) is 7.05 Å². The van der Waals surface area contributed by atoms with Gasteiger partial charge in [0.25, 0.3) is 10.0 Å². The summed E-state index contributed by atoms with van der Waals surface area (Å²) in [5.41, 5.74) is 4.59. The van der Waals surface area contributed by atoms with Crippen LogP contribution in [-0.4, -0.2) is 66.3 Å². The van der Waals surface area contributed by atoms with Gasteiger partial charge in [0.1, 0.15) is 10.6 Å². The van der Waals surface area contributed by atoms with Crippen molar-refractivity contribution in [3.05, 3.63) is 72.1 Å². The number of ether oxygens (including phenoxy) is 1. The molecule has 0 unspecified atom stereocenters. The molecule has 11 heteroatoms. The van der Waals surface area contributed by atoms with Gasteiger partial charge in [-0.05, 0) is 48.7 Å². The molecule has 1 aliphatic rings. The standard InChI is InChI=1S/C31H39N7O3S/c1-21(2)26-9-7-8-10-27(26)29-28(22(3)4)30(34-31(33-29)35-42(39,40)25-19-32-37(6)20-25)41-24-13-11-23(12-14-24)38-17-15-36(5)16-18-38/h7-14,19-22H,15-18H2,1-6H3,(H,33,34,35). The number of nitrogens with zero attached hydrogens (tertiary/aromatic N) is 6. The fourth-order valence-corrected chi connectivity index (χ4v) is 6.06. The average molecular weight is 590 g/mol. The highest BCUT2D eigenvalue weighted by Crippen LogP contribution is 2.40. The molecule has 42 heavy (non-hydrogen) atoms. The molecule has 0 aliphatic carbocycles. The van der Waals surface area contributed by atoms with Crippen LogP contribution < -0.4 is 14.4 Å². The van der Waals surface area contributed by atoms with Gasteiger partial charge >= 0.3 is 0 Å². The van der Waals surface area contributed by atoms with E-state index in [0.29, 0.717) is 17.3 Å². The Balaban J connectivity index is 1.58. The van der Waals surface area contributed by atoms with Crippen molar-refractivity contribution < 1.29 is 13.2 Å². The van der Waals surface area contributed by atoms with Crippen LogP contribution in [-0.2, 0) is 17.1 Å². The Bertz CT molecular complexity index is 1640. The molecule has 222 valence electrons. The third-order valence-corrected chi connectivity index (χ3v) is 8.75. The number of likely N-dealkylation sites (N-methyl/N-ethyl adjacent to an activating group) is 1. The normalized spacial score (nSPS) is 14.5. The third-order valence-electron chi connectivity index (χ3n) is 7.46. The Morgan fingerprint density at radius 1 is 0.881 bits per heavy atom. The minimum atomic E-state index is -3.99. The first-order valence-corrected chi connectivity index (χ1v) is 15.7. The maximum Gasteiger partial charge on any atom is 0.267 e. The monoisotopic (exact) mass is 589 g/mol. The van der Waals surface area contributed by atoms with E-state index in [1.807, 2.05) is 30.3 Å². The molecule has 0 atom stereocenters. The molecule has 0 radical (unpaired) electrons. The molecule has 10 nitrogen and oxygen atoms in total. The number of benzene rings is 2. The number of rotatable bonds is 9. The van der Waals surface area contributed by atoms with Gasteiger partial charge in [-0.15, -0.1) is 0 Å². The minimum absolute atomic E-state index is 0.0104. The van der Waals surface area contributed by atoms with Gasteiger partial charge in [-0.25, -0.2) is 18.1 Å². The van der Waals surface area contributed by atoms with Crippen LogP contribution in [0.1, 0.15) is 50.7 Å². The molecule has 3 heterocycles. The highest BCUT2D eigenvalue weighted by Gasteiger charge is 2.26. The van der Waals surface area contributed by atoms with Crippen LogP contribution in [0.5, 0.6) is 11.6 Å². The summed E-state index contributed by atoms with van der Waals surface area (Å²) in [5, 5.41) is 4.00. The Hall–Kier alpha value is -3.96. The summed E-state index contributed by atoms with van der Waals surface area (Å²) in [4.78, 5) is 14.1. The Morgan fingerprint density at radius 2 is 1.57 bits per heavy atom. The van der Waals surface area contributed by atoms with Gasteiger partial charge in [-0.3, -0.25) is 4.68 Å². The lowest BCUT2D eigenvalue weighted by Crippen LogP contribution is -2.44. The zero-order valence-corrected chi connectivity index (χ0v) is 25.9. The summed E-state index contributed by atoms with van der Waals surface area (Å²) in [6.07, 6.45) is 2.72. The molecule has 4 aromatic rings. The van der Waals surface area contributed by atoms with Crippen LogP contribution in [0.2, 0.25) is 0 Å². The van der Waals surface area contributed by atoms with Crippen LogP contribution in [0.4, 0.5) is 11.6 Å². The van der Waals surface area contributed by atoms with Crippen molar-refractivity contribution in [2.75, 3.05) is 42.8 Å². The number of aryl methyl sites for hydroxylation is 1. The third kappa shape index (κ3) is 6.42. The smallest absolute Gasteiger partial charge is 0.267 e. The molecule has 0 spiro atoms. The Kier molecular flexibility index (Phi) is 8.51. The molecule has 2 aromatic carbocycles. The zero-order valence-electron chi connectivity index (χ0n) is 25.1. The Labute approximate surface area is 248 Å². The van der Waals surface area contributed by atoms with Gasteiger partial charge < -0.3 is 14.5 Å².